The molecule has 1 spiro atoms. The molecule has 3 aromatic heterocycles. The topological polar surface area (TPSA) is 117 Å². The van der Waals surface area contributed by atoms with Gasteiger partial charge in [-0.2, -0.15) is 0 Å². The minimum Gasteiger partial charge on any atom is -0.370 e. The van der Waals surface area contributed by atoms with Crippen molar-refractivity contribution in [3.63, 3.8) is 0 Å². The standard InChI is InChI=1S/C48H59FN6O4S2/c1-33(51-23-8-4-9-26-54-28-21-48(22-29-54)38-31-42(34-18-24-50-25-19-34)61-41(38)20-30-59-48)45(57)53-43(35-11-5-2-6-12-35)47(58)55-27-10-3-7-13-40(55)46-52-39(32-60-46)44(56)36-14-16-37(49)17-15-36/h11,14-19,24-25,31-33,40,43,51H,2-10,12-13,20-23,26-30H2,1H3,(H,53,57)/t33-,40?,43-/m0/s1. The van der Waals surface area contributed by atoms with Crippen molar-refractivity contribution in [1.82, 2.24) is 30.4 Å². The maximum Gasteiger partial charge on any atom is 0.250 e. The van der Waals surface area contributed by atoms with Crippen LogP contribution in [0.15, 0.2) is 71.9 Å². The van der Waals surface area contributed by atoms with Crippen molar-refractivity contribution in [2.24, 2.45) is 0 Å². The highest BCUT2D eigenvalue weighted by Gasteiger charge is 2.42. The summed E-state index contributed by atoms with van der Waals surface area (Å²) in [7, 11) is 0. The number of ether oxygens (including phenoxy) is 1. The number of thiazole rings is 1. The van der Waals surface area contributed by atoms with Crippen molar-refractivity contribution in [2.45, 2.75) is 121 Å². The average Bonchev–Trinajstić information content (AvgIpc) is 3.90. The van der Waals surface area contributed by atoms with Crippen molar-refractivity contribution < 1.29 is 23.5 Å². The van der Waals surface area contributed by atoms with Gasteiger partial charge >= 0.3 is 0 Å². The van der Waals surface area contributed by atoms with E-state index in [4.69, 9.17) is 9.72 Å². The van der Waals surface area contributed by atoms with E-state index in [1.165, 1.54) is 56.5 Å². The zero-order chi connectivity index (χ0) is 42.2. The van der Waals surface area contributed by atoms with E-state index in [1.54, 1.807) is 5.38 Å². The summed E-state index contributed by atoms with van der Waals surface area (Å²) in [5.41, 5.74) is 4.11. The Balaban J connectivity index is 0.814. The van der Waals surface area contributed by atoms with Crippen LogP contribution in [0.3, 0.4) is 0 Å². The van der Waals surface area contributed by atoms with E-state index in [9.17, 15) is 18.8 Å². The number of likely N-dealkylation sites (tertiary alicyclic amines) is 2. The van der Waals surface area contributed by atoms with Crippen LogP contribution in [0.1, 0.15) is 128 Å². The summed E-state index contributed by atoms with van der Waals surface area (Å²) >= 11 is 3.29. The lowest BCUT2D eigenvalue weighted by molar-refractivity contribution is -0.138. The average molecular weight is 867 g/mol. The second-order valence-corrected chi connectivity index (χ2v) is 19.2. The molecule has 1 aromatic carbocycles. The number of pyridine rings is 1. The Bertz CT molecular complexity index is 2150. The molecule has 324 valence electrons. The van der Waals surface area contributed by atoms with Crippen LogP contribution in [0.5, 0.6) is 0 Å². The van der Waals surface area contributed by atoms with Crippen molar-refractivity contribution in [1.29, 1.82) is 0 Å². The number of benzene rings is 1. The Morgan fingerprint density at radius 3 is 2.57 bits per heavy atom. The largest absolute Gasteiger partial charge is 0.370 e. The molecule has 0 saturated carbocycles. The molecule has 1 unspecified atom stereocenters. The van der Waals surface area contributed by atoms with Gasteiger partial charge in [0, 0.05) is 59.1 Å². The third kappa shape index (κ3) is 10.4. The van der Waals surface area contributed by atoms with E-state index in [1.807, 2.05) is 35.6 Å². The van der Waals surface area contributed by atoms with Gasteiger partial charge in [0.25, 0.3) is 0 Å². The van der Waals surface area contributed by atoms with E-state index in [-0.39, 0.29) is 29.2 Å². The molecule has 4 aromatic rings. The van der Waals surface area contributed by atoms with Gasteiger partial charge in [-0.25, -0.2) is 9.37 Å². The van der Waals surface area contributed by atoms with Gasteiger partial charge < -0.3 is 25.2 Å². The molecule has 2 saturated heterocycles. The molecule has 1 aliphatic carbocycles. The number of fused-ring (bicyclic) bond motifs is 2. The summed E-state index contributed by atoms with van der Waals surface area (Å²) in [6.45, 7) is 7.09. The third-order valence-corrected chi connectivity index (χ3v) is 15.2. The zero-order valence-corrected chi connectivity index (χ0v) is 37.0. The first-order chi connectivity index (χ1) is 29.8. The lowest BCUT2D eigenvalue weighted by Gasteiger charge is -2.44. The number of unbranched alkanes of at least 4 members (excludes halogenated alkanes) is 2. The molecular weight excluding hydrogens is 808 g/mol. The number of carbonyl (C=O) groups excluding carboxylic acids is 3. The molecule has 0 radical (unpaired) electrons. The summed E-state index contributed by atoms with van der Waals surface area (Å²) in [6, 6.07) is 10.6. The van der Waals surface area contributed by atoms with E-state index in [0.717, 1.165) is 128 Å². The fourth-order valence-electron chi connectivity index (χ4n) is 9.47. The Hall–Kier alpha value is -4.14. The Morgan fingerprint density at radius 1 is 0.967 bits per heavy atom. The first-order valence-electron chi connectivity index (χ1n) is 22.5. The summed E-state index contributed by atoms with van der Waals surface area (Å²) in [5.74, 6) is -0.953. The van der Waals surface area contributed by atoms with Crippen molar-refractivity contribution in [2.75, 3.05) is 39.3 Å². The number of hydrogen-bond donors (Lipinski definition) is 2. The fraction of sp³-hybridized carbons (Fsp3) is 0.521. The van der Waals surface area contributed by atoms with Crippen molar-refractivity contribution >= 4 is 40.3 Å². The minimum atomic E-state index is -0.740. The highest BCUT2D eigenvalue weighted by molar-refractivity contribution is 7.15. The molecule has 2 N–H and O–H groups in total. The molecule has 10 nitrogen and oxygen atoms in total. The molecule has 3 atom stereocenters. The summed E-state index contributed by atoms with van der Waals surface area (Å²) in [6.07, 6.45) is 19.3. The number of carbonyl (C=O) groups is 3. The highest BCUT2D eigenvalue weighted by atomic mass is 32.1. The van der Waals surface area contributed by atoms with Gasteiger partial charge in [0.05, 0.1) is 24.3 Å². The van der Waals surface area contributed by atoms with Gasteiger partial charge in [0.15, 0.2) is 0 Å². The molecule has 13 heteroatoms. The number of nitrogens with zero attached hydrogens (tertiary/aromatic N) is 4. The van der Waals surface area contributed by atoms with Gasteiger partial charge in [-0.1, -0.05) is 25.3 Å². The SMILES string of the molecule is C[C@H](NCCCCCN1CCC2(CC1)OCCc1sc(-c3ccncc3)cc12)C(=O)N[C@H](C(=O)N1CCCCCC1c1nc(C(=O)c2ccc(F)cc2)cs1)C1=CCCCC1. The van der Waals surface area contributed by atoms with Crippen LogP contribution in [-0.4, -0.2) is 88.8 Å². The number of piperidine rings is 1. The lowest BCUT2D eigenvalue weighted by Crippen LogP contribution is -2.54. The van der Waals surface area contributed by atoms with Gasteiger partial charge in [-0.3, -0.25) is 19.4 Å². The van der Waals surface area contributed by atoms with E-state index >= 15 is 0 Å². The molecule has 4 aliphatic rings. The van der Waals surface area contributed by atoms with Crippen LogP contribution in [0, 0.1) is 5.82 Å². The van der Waals surface area contributed by atoms with Crippen LogP contribution in [0.4, 0.5) is 4.39 Å². The normalized spacial score (nSPS) is 20.3. The van der Waals surface area contributed by atoms with E-state index < -0.39 is 17.9 Å². The predicted octanol–water partition coefficient (Wildman–Crippen LogP) is 8.78. The van der Waals surface area contributed by atoms with Crippen LogP contribution in [0.25, 0.3) is 10.4 Å². The number of allylic oxidation sites excluding steroid dienone is 1. The Kier molecular flexibility index (Phi) is 14.5. The second kappa shape index (κ2) is 20.4. The number of thiophene rings is 1. The third-order valence-electron chi connectivity index (χ3n) is 13.0. The lowest BCUT2D eigenvalue weighted by atomic mass is 9.82. The molecule has 3 aliphatic heterocycles. The number of halogens is 1. The second-order valence-electron chi connectivity index (χ2n) is 17.1. The van der Waals surface area contributed by atoms with Crippen LogP contribution in [0.2, 0.25) is 0 Å². The smallest absolute Gasteiger partial charge is 0.250 e. The Labute approximate surface area is 367 Å². The predicted molar refractivity (Wildman–Crippen MR) is 239 cm³/mol. The van der Waals surface area contributed by atoms with Gasteiger partial charge in [0.1, 0.15) is 22.6 Å². The number of hydrogen-bond acceptors (Lipinski definition) is 10. The van der Waals surface area contributed by atoms with Crippen LogP contribution >= 0.6 is 22.7 Å². The maximum absolute atomic E-state index is 14.7. The van der Waals surface area contributed by atoms with Gasteiger partial charge in [0.2, 0.25) is 17.6 Å². The molecule has 0 bridgehead atoms. The highest BCUT2D eigenvalue weighted by Crippen LogP contribution is 2.46. The number of nitrogens with one attached hydrogen (secondary N) is 2. The maximum atomic E-state index is 14.7. The minimum absolute atomic E-state index is 0.105. The van der Waals surface area contributed by atoms with Crippen molar-refractivity contribution in [3.05, 3.63) is 104 Å². The van der Waals surface area contributed by atoms with Crippen molar-refractivity contribution in [3.8, 4) is 10.4 Å². The van der Waals surface area contributed by atoms with Crippen LogP contribution < -0.4 is 10.6 Å². The van der Waals surface area contributed by atoms with E-state index in [2.05, 4.69) is 44.8 Å². The molecule has 2 fully saturated rings. The number of ketones is 1. The quantitative estimate of drug-likeness (QED) is 0.0693. The Morgan fingerprint density at radius 2 is 1.79 bits per heavy atom. The first-order valence-corrected chi connectivity index (χ1v) is 24.2. The van der Waals surface area contributed by atoms with Gasteiger partial charge in [-0.05, 0) is 143 Å². The van der Waals surface area contributed by atoms with Crippen LogP contribution in [-0.2, 0) is 26.3 Å². The summed E-state index contributed by atoms with van der Waals surface area (Å²) in [5, 5.41) is 9.07. The monoisotopic (exact) mass is 866 g/mol. The van der Waals surface area contributed by atoms with Gasteiger partial charge in [-0.15, -0.1) is 22.7 Å². The first kappa shape index (κ1) is 43.5. The zero-order valence-electron chi connectivity index (χ0n) is 35.3. The molecule has 8 rings (SSSR count). The summed E-state index contributed by atoms with van der Waals surface area (Å²) < 4.78 is 20.1. The summed E-state index contributed by atoms with van der Waals surface area (Å²) in [4.78, 5) is 57.9. The number of amides is 2. The molecule has 2 amide bonds. The van der Waals surface area contributed by atoms with E-state index in [0.29, 0.717) is 22.8 Å². The molecule has 6 heterocycles. The fourth-order valence-corrected chi connectivity index (χ4v) is 11.7. The molecule has 61 heavy (non-hydrogen) atoms. The number of aromatic nitrogens is 2. The number of rotatable bonds is 15. The molecular formula is C48H59FN6O4S2.